The third-order valence-corrected chi connectivity index (χ3v) is 4.20. The van der Waals surface area contributed by atoms with Gasteiger partial charge in [-0.3, -0.25) is 4.79 Å². The minimum absolute atomic E-state index is 0.0361. The lowest BCUT2D eigenvalue weighted by Crippen LogP contribution is -2.28. The van der Waals surface area contributed by atoms with Crippen LogP contribution in [0, 0.1) is 11.7 Å². The normalized spacial score (nSPS) is 19.6. The zero-order valence-electron chi connectivity index (χ0n) is 10.8. The molecule has 1 fully saturated rings. The molecule has 1 unspecified atom stereocenters. The van der Waals surface area contributed by atoms with E-state index in [0.717, 1.165) is 0 Å². The molecule has 1 saturated heterocycles. The molecule has 1 aromatic rings. The van der Waals surface area contributed by atoms with Gasteiger partial charge < -0.3 is 10.6 Å². The molecule has 1 atom stereocenters. The molecule has 110 valence electrons. The molecule has 0 bridgehead atoms. The number of carbonyl (C=O) groups is 1. The van der Waals surface area contributed by atoms with Crippen molar-refractivity contribution in [3.8, 4) is 0 Å². The van der Waals surface area contributed by atoms with E-state index in [1.54, 1.807) is 6.07 Å². The molecule has 0 aliphatic carbocycles. The van der Waals surface area contributed by atoms with E-state index in [1.165, 1.54) is 17.0 Å². The number of nitrogens with two attached hydrogens (primary N) is 2. The molecule has 0 aromatic heterocycles. The Bertz CT molecular complexity index is 633. The van der Waals surface area contributed by atoms with E-state index in [-0.39, 0.29) is 42.7 Å². The van der Waals surface area contributed by atoms with Crippen molar-refractivity contribution in [2.24, 2.45) is 16.8 Å². The number of carbonyl (C=O) groups excluding carboxylic acids is 1. The van der Waals surface area contributed by atoms with E-state index in [1.807, 2.05) is 0 Å². The number of anilines is 1. The van der Waals surface area contributed by atoms with Gasteiger partial charge in [0, 0.05) is 31.0 Å². The fourth-order valence-corrected chi connectivity index (χ4v) is 3.34. The Morgan fingerprint density at radius 1 is 1.40 bits per heavy atom. The number of hydrogen-bond donors (Lipinski definition) is 2. The number of benzene rings is 1. The highest BCUT2D eigenvalue weighted by Gasteiger charge is 2.34. The lowest BCUT2D eigenvalue weighted by molar-refractivity contribution is -0.117. The maximum atomic E-state index is 13.7. The van der Waals surface area contributed by atoms with Gasteiger partial charge in [-0.1, -0.05) is 6.07 Å². The first-order valence-corrected chi connectivity index (χ1v) is 7.81. The summed E-state index contributed by atoms with van der Waals surface area (Å²) >= 11 is 0. The van der Waals surface area contributed by atoms with Gasteiger partial charge in [-0.15, -0.1) is 0 Å². The SMILES string of the molecule is NCc1c(F)cccc1N1CC(CS(N)(=O)=O)CC1=O. The van der Waals surface area contributed by atoms with Crippen LogP contribution in [0.25, 0.3) is 0 Å². The zero-order chi connectivity index (χ0) is 14.9. The number of halogens is 1. The topological polar surface area (TPSA) is 106 Å². The summed E-state index contributed by atoms with van der Waals surface area (Å²) in [5.74, 6) is -1.37. The average Bonchev–Trinajstić information content (AvgIpc) is 2.67. The van der Waals surface area contributed by atoms with Gasteiger partial charge in [-0.05, 0) is 12.1 Å². The van der Waals surface area contributed by atoms with Crippen LogP contribution in [0.4, 0.5) is 10.1 Å². The molecular formula is C12H16FN3O3S. The highest BCUT2D eigenvalue weighted by atomic mass is 32.2. The summed E-state index contributed by atoms with van der Waals surface area (Å²) in [5, 5.41) is 4.99. The highest BCUT2D eigenvalue weighted by molar-refractivity contribution is 7.89. The van der Waals surface area contributed by atoms with Gasteiger partial charge >= 0.3 is 0 Å². The Kier molecular flexibility index (Phi) is 4.07. The van der Waals surface area contributed by atoms with Crippen molar-refractivity contribution in [3.05, 3.63) is 29.6 Å². The standard InChI is InChI=1S/C12H16FN3O3S/c13-10-2-1-3-11(9(10)5-14)16-6-8(4-12(16)17)7-20(15,18)19/h1-3,8H,4-7,14H2,(H2,15,18,19). The molecule has 0 radical (unpaired) electrons. The highest BCUT2D eigenvalue weighted by Crippen LogP contribution is 2.29. The number of rotatable bonds is 4. The summed E-state index contributed by atoms with van der Waals surface area (Å²) in [7, 11) is -3.64. The largest absolute Gasteiger partial charge is 0.326 e. The van der Waals surface area contributed by atoms with Gasteiger partial charge in [0.1, 0.15) is 5.82 Å². The number of sulfonamides is 1. The summed E-state index contributed by atoms with van der Waals surface area (Å²) in [4.78, 5) is 13.4. The molecule has 1 aliphatic rings. The third-order valence-electron chi connectivity index (χ3n) is 3.26. The predicted molar refractivity (Wildman–Crippen MR) is 72.7 cm³/mol. The second kappa shape index (κ2) is 5.47. The van der Waals surface area contributed by atoms with E-state index >= 15 is 0 Å². The molecule has 4 N–H and O–H groups in total. The van der Waals surface area contributed by atoms with Gasteiger partial charge in [0.2, 0.25) is 15.9 Å². The smallest absolute Gasteiger partial charge is 0.227 e. The molecule has 1 heterocycles. The summed E-state index contributed by atoms with van der Waals surface area (Å²) in [6, 6.07) is 4.36. The van der Waals surface area contributed by atoms with Crippen molar-refractivity contribution in [1.82, 2.24) is 0 Å². The third kappa shape index (κ3) is 3.14. The van der Waals surface area contributed by atoms with Gasteiger partial charge in [0.25, 0.3) is 0 Å². The van der Waals surface area contributed by atoms with E-state index in [4.69, 9.17) is 10.9 Å². The average molecular weight is 301 g/mol. The first-order chi connectivity index (χ1) is 9.31. The van der Waals surface area contributed by atoms with Crippen LogP contribution in [0.2, 0.25) is 0 Å². The fourth-order valence-electron chi connectivity index (χ4n) is 2.46. The number of nitrogens with zero attached hydrogens (tertiary/aromatic N) is 1. The van der Waals surface area contributed by atoms with Gasteiger partial charge in [-0.25, -0.2) is 17.9 Å². The van der Waals surface area contributed by atoms with E-state index in [0.29, 0.717) is 5.69 Å². The van der Waals surface area contributed by atoms with Gasteiger partial charge in [-0.2, -0.15) is 0 Å². The quantitative estimate of drug-likeness (QED) is 0.811. The molecule has 8 heteroatoms. The first kappa shape index (κ1) is 14.9. The van der Waals surface area contributed by atoms with Crippen LogP contribution in [0.5, 0.6) is 0 Å². The fraction of sp³-hybridized carbons (Fsp3) is 0.417. The molecular weight excluding hydrogens is 285 g/mol. The molecule has 2 rings (SSSR count). The Balaban J connectivity index is 2.27. The first-order valence-electron chi connectivity index (χ1n) is 6.10. The van der Waals surface area contributed by atoms with E-state index < -0.39 is 15.8 Å². The zero-order valence-corrected chi connectivity index (χ0v) is 11.6. The Morgan fingerprint density at radius 2 is 2.10 bits per heavy atom. The molecule has 1 amide bonds. The van der Waals surface area contributed by atoms with E-state index in [9.17, 15) is 17.6 Å². The Morgan fingerprint density at radius 3 is 2.70 bits per heavy atom. The summed E-state index contributed by atoms with van der Waals surface area (Å²) in [6.07, 6.45) is 0.0803. The lowest BCUT2D eigenvalue weighted by Gasteiger charge is -2.20. The van der Waals surface area contributed by atoms with Crippen molar-refractivity contribution < 1.29 is 17.6 Å². The molecule has 0 spiro atoms. The van der Waals surface area contributed by atoms with Crippen LogP contribution in [-0.4, -0.2) is 26.6 Å². The minimum Gasteiger partial charge on any atom is -0.326 e. The summed E-state index contributed by atoms with van der Waals surface area (Å²) < 4.78 is 35.8. The molecule has 0 saturated carbocycles. The molecule has 20 heavy (non-hydrogen) atoms. The van der Waals surface area contributed by atoms with Crippen molar-refractivity contribution in [2.75, 3.05) is 17.2 Å². The number of hydrogen-bond acceptors (Lipinski definition) is 4. The van der Waals surface area contributed by atoms with E-state index in [2.05, 4.69) is 0 Å². The van der Waals surface area contributed by atoms with Gasteiger partial charge in [0.05, 0.1) is 11.4 Å². The van der Waals surface area contributed by atoms with Crippen LogP contribution in [0.15, 0.2) is 18.2 Å². The Labute approximate surface area is 116 Å². The molecule has 1 aliphatic heterocycles. The Hall–Kier alpha value is -1.51. The van der Waals surface area contributed by atoms with Crippen LogP contribution < -0.4 is 15.8 Å². The maximum Gasteiger partial charge on any atom is 0.227 e. The van der Waals surface area contributed by atoms with Gasteiger partial charge in [0.15, 0.2) is 0 Å². The second-order valence-corrected chi connectivity index (χ2v) is 6.50. The van der Waals surface area contributed by atoms with Crippen molar-refractivity contribution >= 4 is 21.6 Å². The van der Waals surface area contributed by atoms with Crippen LogP contribution in [0.1, 0.15) is 12.0 Å². The summed E-state index contributed by atoms with van der Waals surface area (Å²) in [6.45, 7) is 0.164. The molecule has 1 aromatic carbocycles. The number of amides is 1. The van der Waals surface area contributed by atoms with Crippen molar-refractivity contribution in [3.63, 3.8) is 0 Å². The van der Waals surface area contributed by atoms with Crippen molar-refractivity contribution in [1.29, 1.82) is 0 Å². The minimum atomic E-state index is -3.64. The lowest BCUT2D eigenvalue weighted by atomic mass is 10.1. The maximum absolute atomic E-state index is 13.7. The second-order valence-electron chi connectivity index (χ2n) is 4.85. The van der Waals surface area contributed by atoms with Crippen molar-refractivity contribution in [2.45, 2.75) is 13.0 Å². The summed E-state index contributed by atoms with van der Waals surface area (Å²) in [5.41, 5.74) is 6.15. The van der Waals surface area contributed by atoms with Crippen LogP contribution in [0.3, 0.4) is 0 Å². The molecule has 6 nitrogen and oxygen atoms in total. The van der Waals surface area contributed by atoms with Crippen LogP contribution >= 0.6 is 0 Å². The number of primary sulfonamides is 1. The predicted octanol–water partition coefficient (Wildman–Crippen LogP) is -0.0742. The van der Waals surface area contributed by atoms with Crippen LogP contribution in [-0.2, 0) is 21.4 Å². The monoisotopic (exact) mass is 301 g/mol.